The maximum atomic E-state index is 11.8. The molecule has 0 saturated heterocycles. The van der Waals surface area contributed by atoms with Gasteiger partial charge in [0.15, 0.2) is 0 Å². The van der Waals surface area contributed by atoms with Gasteiger partial charge in [-0.25, -0.2) is 9.59 Å². The molecule has 6 heteroatoms. The summed E-state index contributed by atoms with van der Waals surface area (Å²) in [5.41, 5.74) is 8.21. The molecule has 2 rings (SSSR count). The van der Waals surface area contributed by atoms with E-state index in [2.05, 4.69) is 0 Å². The molecule has 2 aromatic rings. The smallest absolute Gasteiger partial charge is 0.341 e. The van der Waals surface area contributed by atoms with Gasteiger partial charge in [0.2, 0.25) is 0 Å². The molecule has 0 aliphatic heterocycles. The minimum Gasteiger partial charge on any atom is -0.462 e. The van der Waals surface area contributed by atoms with E-state index in [0.717, 1.165) is 37.0 Å². The van der Waals surface area contributed by atoms with Crippen LogP contribution in [-0.4, -0.2) is 25.2 Å². The first kappa shape index (κ1) is 21.0. The third kappa shape index (κ3) is 6.40. The minimum atomic E-state index is -0.344. The number of hydrogen-bond donors (Lipinski definition) is 1. The number of anilines is 1. The van der Waals surface area contributed by atoms with Gasteiger partial charge in [0.25, 0.3) is 0 Å². The van der Waals surface area contributed by atoms with Crippen LogP contribution in [0, 0.1) is 0 Å². The Morgan fingerprint density at radius 3 is 2.22 bits per heavy atom. The first-order valence-corrected chi connectivity index (χ1v) is 10.2. The Labute approximate surface area is 164 Å². The number of carbonyl (C=O) groups is 2. The fourth-order valence-corrected chi connectivity index (χ4v) is 3.73. The zero-order chi connectivity index (χ0) is 19.6. The molecular formula is C21H27NO4S. The van der Waals surface area contributed by atoms with Crippen molar-refractivity contribution in [1.29, 1.82) is 0 Å². The number of benzene rings is 1. The highest BCUT2D eigenvalue weighted by atomic mass is 32.1. The molecule has 0 amide bonds. The fourth-order valence-electron chi connectivity index (χ4n) is 2.78. The van der Waals surface area contributed by atoms with Crippen molar-refractivity contribution in [2.75, 3.05) is 18.9 Å². The molecule has 0 unspecified atom stereocenters. The lowest BCUT2D eigenvalue weighted by molar-refractivity contribution is 0.0517. The van der Waals surface area contributed by atoms with E-state index in [9.17, 15) is 9.59 Å². The van der Waals surface area contributed by atoms with Crippen LogP contribution in [0.1, 0.15) is 64.3 Å². The summed E-state index contributed by atoms with van der Waals surface area (Å²) < 4.78 is 10.00. The maximum absolute atomic E-state index is 11.8. The molecule has 0 spiro atoms. The summed E-state index contributed by atoms with van der Waals surface area (Å²) in [4.78, 5) is 24.5. The van der Waals surface area contributed by atoms with Crippen LogP contribution in [0.3, 0.4) is 0 Å². The van der Waals surface area contributed by atoms with E-state index in [4.69, 9.17) is 15.2 Å². The molecule has 146 valence electrons. The normalized spacial score (nSPS) is 10.6. The zero-order valence-electron chi connectivity index (χ0n) is 16.0. The quantitative estimate of drug-likeness (QED) is 0.473. The lowest BCUT2D eigenvalue weighted by Gasteiger charge is -2.04. The summed E-state index contributed by atoms with van der Waals surface area (Å²) in [5.74, 6) is -0.620. The van der Waals surface area contributed by atoms with Gasteiger partial charge in [-0.3, -0.25) is 0 Å². The predicted octanol–water partition coefficient (Wildman–Crippen LogP) is 4.64. The van der Waals surface area contributed by atoms with Gasteiger partial charge in [-0.15, -0.1) is 11.3 Å². The van der Waals surface area contributed by atoms with Crippen molar-refractivity contribution in [3.63, 3.8) is 0 Å². The minimum absolute atomic E-state index is 0.276. The van der Waals surface area contributed by atoms with Crippen LogP contribution >= 0.6 is 11.3 Å². The third-order valence-electron chi connectivity index (χ3n) is 4.16. The Morgan fingerprint density at radius 2 is 1.56 bits per heavy atom. The number of hydrogen-bond acceptors (Lipinski definition) is 6. The highest BCUT2D eigenvalue weighted by molar-refractivity contribution is 7.16. The number of unbranched alkanes of at least 4 members (excludes halogenated alkanes) is 2. The monoisotopic (exact) mass is 389 g/mol. The van der Waals surface area contributed by atoms with E-state index in [0.29, 0.717) is 29.3 Å². The molecule has 0 saturated carbocycles. The van der Waals surface area contributed by atoms with Crippen LogP contribution in [0.4, 0.5) is 5.00 Å². The number of thiophene rings is 1. The Morgan fingerprint density at radius 1 is 0.926 bits per heavy atom. The van der Waals surface area contributed by atoms with Crippen LogP contribution in [0.2, 0.25) is 0 Å². The zero-order valence-corrected chi connectivity index (χ0v) is 16.8. The number of aryl methyl sites for hydroxylation is 2. The Hall–Kier alpha value is -2.34. The first-order valence-electron chi connectivity index (χ1n) is 9.36. The maximum Gasteiger partial charge on any atom is 0.341 e. The summed E-state index contributed by atoms with van der Waals surface area (Å²) in [7, 11) is 0. The van der Waals surface area contributed by atoms with E-state index < -0.39 is 0 Å². The second kappa shape index (κ2) is 10.7. The molecule has 0 fully saturated rings. The molecule has 0 aliphatic rings. The van der Waals surface area contributed by atoms with E-state index in [1.165, 1.54) is 16.9 Å². The molecular weight excluding hydrogens is 362 g/mol. The average Bonchev–Trinajstić information content (AvgIpc) is 3.03. The van der Waals surface area contributed by atoms with Crippen LogP contribution in [-0.2, 0) is 22.3 Å². The van der Waals surface area contributed by atoms with Gasteiger partial charge in [0.1, 0.15) is 5.00 Å². The van der Waals surface area contributed by atoms with Gasteiger partial charge in [-0.2, -0.15) is 0 Å². The highest BCUT2D eigenvalue weighted by Gasteiger charge is 2.14. The highest BCUT2D eigenvalue weighted by Crippen LogP contribution is 2.27. The van der Waals surface area contributed by atoms with E-state index in [1.807, 2.05) is 30.3 Å². The molecule has 0 aliphatic carbocycles. The molecule has 1 aromatic heterocycles. The number of carbonyl (C=O) groups excluding carboxylic acids is 2. The van der Waals surface area contributed by atoms with Crippen molar-refractivity contribution in [1.82, 2.24) is 0 Å². The number of nitrogens with two attached hydrogens (primary N) is 1. The molecule has 0 bridgehead atoms. The second-order valence-electron chi connectivity index (χ2n) is 6.19. The van der Waals surface area contributed by atoms with E-state index in [1.54, 1.807) is 13.8 Å². The predicted molar refractivity (Wildman–Crippen MR) is 108 cm³/mol. The number of ether oxygens (including phenoxy) is 2. The third-order valence-corrected chi connectivity index (χ3v) is 5.18. The van der Waals surface area contributed by atoms with Crippen LogP contribution in [0.25, 0.3) is 0 Å². The second-order valence-corrected chi connectivity index (χ2v) is 7.36. The van der Waals surface area contributed by atoms with Crippen molar-refractivity contribution >= 4 is 28.3 Å². The van der Waals surface area contributed by atoms with E-state index in [-0.39, 0.29) is 11.9 Å². The van der Waals surface area contributed by atoms with Crippen molar-refractivity contribution in [2.45, 2.75) is 46.0 Å². The first-order chi connectivity index (χ1) is 13.0. The van der Waals surface area contributed by atoms with Crippen molar-refractivity contribution in [2.24, 2.45) is 0 Å². The Balaban J connectivity index is 1.72. The van der Waals surface area contributed by atoms with Crippen LogP contribution < -0.4 is 5.73 Å². The van der Waals surface area contributed by atoms with Gasteiger partial charge in [0.05, 0.1) is 24.3 Å². The van der Waals surface area contributed by atoms with Crippen molar-refractivity contribution < 1.29 is 19.1 Å². The molecule has 1 heterocycles. The Kier molecular flexibility index (Phi) is 8.33. The molecule has 27 heavy (non-hydrogen) atoms. The standard InChI is InChI=1S/C21H27NO4S/c1-3-25-20(23)16-12-10-15(11-13-16)8-6-5-7-9-17-14-18(19(22)27-17)21(24)26-4-2/h10-14H,3-9,22H2,1-2H3. The van der Waals surface area contributed by atoms with E-state index >= 15 is 0 Å². The molecule has 1 aromatic carbocycles. The van der Waals surface area contributed by atoms with Crippen molar-refractivity contribution in [3.05, 3.63) is 51.9 Å². The largest absolute Gasteiger partial charge is 0.462 e. The molecule has 0 atom stereocenters. The SMILES string of the molecule is CCOC(=O)c1ccc(CCCCCc2cc(C(=O)OCC)c(N)s2)cc1. The summed E-state index contributed by atoms with van der Waals surface area (Å²) in [6.45, 7) is 4.32. The lowest BCUT2D eigenvalue weighted by Crippen LogP contribution is -2.05. The van der Waals surface area contributed by atoms with Gasteiger partial charge in [-0.05, 0) is 63.3 Å². The number of nitrogen functional groups attached to an aromatic ring is 1. The average molecular weight is 390 g/mol. The van der Waals surface area contributed by atoms with Gasteiger partial charge in [0, 0.05) is 4.88 Å². The molecule has 2 N–H and O–H groups in total. The lowest BCUT2D eigenvalue weighted by atomic mass is 10.0. The molecule has 5 nitrogen and oxygen atoms in total. The van der Waals surface area contributed by atoms with Crippen molar-refractivity contribution in [3.8, 4) is 0 Å². The Bertz CT molecular complexity index is 752. The number of esters is 2. The topological polar surface area (TPSA) is 78.6 Å². The summed E-state index contributed by atoms with van der Waals surface area (Å²) in [5, 5.41) is 0.533. The summed E-state index contributed by atoms with van der Waals surface area (Å²) in [6, 6.07) is 9.46. The van der Waals surface area contributed by atoms with Gasteiger partial charge >= 0.3 is 11.9 Å². The molecule has 0 radical (unpaired) electrons. The van der Waals surface area contributed by atoms with Gasteiger partial charge < -0.3 is 15.2 Å². The fraction of sp³-hybridized carbons (Fsp3) is 0.429. The van der Waals surface area contributed by atoms with Crippen LogP contribution in [0.5, 0.6) is 0 Å². The van der Waals surface area contributed by atoms with Gasteiger partial charge in [-0.1, -0.05) is 18.6 Å². The summed E-state index contributed by atoms with van der Waals surface area (Å²) >= 11 is 1.46. The van der Waals surface area contributed by atoms with Crippen LogP contribution in [0.15, 0.2) is 30.3 Å². The number of rotatable bonds is 10. The summed E-state index contributed by atoms with van der Waals surface area (Å²) in [6.07, 6.45) is 5.10.